The normalized spacial score (nSPS) is 15.2. The Morgan fingerprint density at radius 1 is 1.17 bits per heavy atom. The topological polar surface area (TPSA) is 69.0 Å². The van der Waals surface area contributed by atoms with Gasteiger partial charge in [-0.1, -0.05) is 69.5 Å². The monoisotopic (exact) mass is 430 g/mol. The summed E-state index contributed by atoms with van der Waals surface area (Å²) < 4.78 is 7.98. The molecule has 1 aliphatic carbocycles. The van der Waals surface area contributed by atoms with Crippen molar-refractivity contribution in [2.45, 2.75) is 83.1 Å². The molecular weight excluding hydrogens is 396 g/mol. The molecule has 2 aromatic rings. The molecule has 6 nitrogen and oxygen atoms in total. The quantitative estimate of drug-likeness (QED) is 0.432. The van der Waals surface area contributed by atoms with Crippen molar-refractivity contribution in [2.75, 3.05) is 5.75 Å². The predicted octanol–water partition coefficient (Wildman–Crippen LogP) is 4.83. The van der Waals surface area contributed by atoms with Crippen LogP contribution >= 0.6 is 11.8 Å². The summed E-state index contributed by atoms with van der Waals surface area (Å²) in [5.41, 5.74) is 0. The van der Waals surface area contributed by atoms with Gasteiger partial charge >= 0.3 is 0 Å². The van der Waals surface area contributed by atoms with E-state index in [2.05, 4.69) is 33.9 Å². The van der Waals surface area contributed by atoms with Crippen LogP contribution in [0.2, 0.25) is 0 Å². The fraction of sp³-hybridized carbons (Fsp3) is 0.609. The SMILES string of the molecule is CC(C)CCn1c(COc2ccccc2)nnc1SCC(=O)NC1CCCCCC1. The first kappa shape index (κ1) is 22.7. The van der Waals surface area contributed by atoms with Crippen LogP contribution in [0.25, 0.3) is 0 Å². The third-order valence-corrected chi connectivity index (χ3v) is 6.35. The molecule has 1 aromatic carbocycles. The predicted molar refractivity (Wildman–Crippen MR) is 121 cm³/mol. The second-order valence-corrected chi connectivity index (χ2v) is 9.32. The van der Waals surface area contributed by atoms with Gasteiger partial charge in [-0.2, -0.15) is 0 Å². The Morgan fingerprint density at radius 2 is 1.90 bits per heavy atom. The molecule has 1 N–H and O–H groups in total. The first-order valence-corrected chi connectivity index (χ1v) is 12.1. The first-order valence-electron chi connectivity index (χ1n) is 11.1. The molecular formula is C23H34N4O2S. The number of hydrogen-bond donors (Lipinski definition) is 1. The average molecular weight is 431 g/mol. The van der Waals surface area contributed by atoms with Gasteiger partial charge in [0.05, 0.1) is 5.75 Å². The van der Waals surface area contributed by atoms with Gasteiger partial charge in [-0.05, 0) is 37.3 Å². The van der Waals surface area contributed by atoms with Crippen LogP contribution in [0.1, 0.15) is 64.6 Å². The molecule has 0 aliphatic heterocycles. The Kier molecular flexibility index (Phi) is 9.05. The third-order valence-electron chi connectivity index (χ3n) is 5.39. The summed E-state index contributed by atoms with van der Waals surface area (Å²) in [6.45, 7) is 5.60. The smallest absolute Gasteiger partial charge is 0.230 e. The molecule has 0 radical (unpaired) electrons. The highest BCUT2D eigenvalue weighted by Crippen LogP contribution is 2.21. The van der Waals surface area contributed by atoms with Crippen molar-refractivity contribution < 1.29 is 9.53 Å². The van der Waals surface area contributed by atoms with Gasteiger partial charge in [0.1, 0.15) is 12.4 Å². The zero-order chi connectivity index (χ0) is 21.2. The third kappa shape index (κ3) is 7.35. The van der Waals surface area contributed by atoms with E-state index in [1.165, 1.54) is 37.4 Å². The van der Waals surface area contributed by atoms with Crippen LogP contribution in [0.3, 0.4) is 0 Å². The summed E-state index contributed by atoms with van der Waals surface area (Å²) in [6.07, 6.45) is 8.22. The number of thioether (sulfide) groups is 1. The minimum atomic E-state index is 0.0902. The number of ether oxygens (including phenoxy) is 1. The molecule has 1 aliphatic rings. The average Bonchev–Trinajstić information content (AvgIpc) is 2.94. The van der Waals surface area contributed by atoms with E-state index in [4.69, 9.17) is 4.74 Å². The molecule has 0 bridgehead atoms. The number of rotatable bonds is 10. The molecule has 7 heteroatoms. The Hall–Kier alpha value is -2.02. The number of carbonyl (C=O) groups is 1. The van der Waals surface area contributed by atoms with Gasteiger partial charge in [-0.15, -0.1) is 10.2 Å². The van der Waals surface area contributed by atoms with Crippen LogP contribution in [-0.4, -0.2) is 32.5 Å². The number of amides is 1. The Balaban J connectivity index is 1.58. The van der Waals surface area contributed by atoms with E-state index in [0.717, 1.165) is 42.5 Å². The molecule has 1 fully saturated rings. The van der Waals surface area contributed by atoms with Gasteiger partial charge in [0.2, 0.25) is 5.91 Å². The standard InChI is InChI=1S/C23H34N4O2S/c1-18(2)14-15-27-21(16-29-20-12-8-5-9-13-20)25-26-23(27)30-17-22(28)24-19-10-6-3-4-7-11-19/h5,8-9,12-13,18-19H,3-4,6-7,10-11,14-17H2,1-2H3,(H,24,28). The fourth-order valence-electron chi connectivity index (χ4n) is 3.63. The number of para-hydroxylation sites is 1. The molecule has 30 heavy (non-hydrogen) atoms. The molecule has 0 unspecified atom stereocenters. The second kappa shape index (κ2) is 12.0. The highest BCUT2D eigenvalue weighted by molar-refractivity contribution is 7.99. The summed E-state index contributed by atoms with van der Waals surface area (Å²) in [4.78, 5) is 12.5. The van der Waals surface area contributed by atoms with E-state index in [1.54, 1.807) is 0 Å². The van der Waals surface area contributed by atoms with Crippen LogP contribution in [0.15, 0.2) is 35.5 Å². The number of nitrogens with one attached hydrogen (secondary N) is 1. The van der Waals surface area contributed by atoms with Crippen LogP contribution < -0.4 is 10.1 Å². The number of benzene rings is 1. The molecule has 1 amide bonds. The van der Waals surface area contributed by atoms with E-state index in [0.29, 0.717) is 24.3 Å². The van der Waals surface area contributed by atoms with Gasteiger partial charge in [-0.25, -0.2) is 0 Å². The van der Waals surface area contributed by atoms with Crippen molar-refractivity contribution >= 4 is 17.7 Å². The van der Waals surface area contributed by atoms with Gasteiger partial charge < -0.3 is 14.6 Å². The number of carbonyl (C=O) groups excluding carboxylic acids is 1. The molecule has 164 valence electrons. The van der Waals surface area contributed by atoms with Gasteiger partial charge in [-0.3, -0.25) is 4.79 Å². The molecule has 1 saturated carbocycles. The summed E-state index contributed by atoms with van der Waals surface area (Å²) in [5.74, 6) is 2.65. The van der Waals surface area contributed by atoms with E-state index in [9.17, 15) is 4.79 Å². The van der Waals surface area contributed by atoms with E-state index in [1.807, 2.05) is 30.3 Å². The van der Waals surface area contributed by atoms with Crippen LogP contribution in [0, 0.1) is 5.92 Å². The molecule has 1 heterocycles. The molecule has 1 aromatic heterocycles. The Morgan fingerprint density at radius 3 is 2.60 bits per heavy atom. The minimum absolute atomic E-state index is 0.0902. The largest absolute Gasteiger partial charge is 0.486 e. The fourth-order valence-corrected chi connectivity index (χ4v) is 4.43. The highest BCUT2D eigenvalue weighted by Gasteiger charge is 2.18. The molecule has 0 spiro atoms. The first-order chi connectivity index (χ1) is 14.6. The lowest BCUT2D eigenvalue weighted by Gasteiger charge is -2.16. The molecule has 0 saturated heterocycles. The lowest BCUT2D eigenvalue weighted by molar-refractivity contribution is -0.119. The van der Waals surface area contributed by atoms with Crippen molar-refractivity contribution in [1.29, 1.82) is 0 Å². The number of nitrogens with zero attached hydrogens (tertiary/aromatic N) is 3. The maximum Gasteiger partial charge on any atom is 0.230 e. The zero-order valence-electron chi connectivity index (χ0n) is 18.2. The van der Waals surface area contributed by atoms with Crippen LogP contribution in [-0.2, 0) is 17.9 Å². The zero-order valence-corrected chi connectivity index (χ0v) is 19.0. The summed E-state index contributed by atoms with van der Waals surface area (Å²) in [7, 11) is 0. The van der Waals surface area contributed by atoms with E-state index >= 15 is 0 Å². The van der Waals surface area contributed by atoms with Gasteiger partial charge in [0.15, 0.2) is 11.0 Å². The Labute approximate surface area is 184 Å². The number of aromatic nitrogens is 3. The highest BCUT2D eigenvalue weighted by atomic mass is 32.2. The van der Waals surface area contributed by atoms with Crippen molar-refractivity contribution in [1.82, 2.24) is 20.1 Å². The second-order valence-electron chi connectivity index (χ2n) is 8.38. The maximum absolute atomic E-state index is 12.5. The summed E-state index contributed by atoms with van der Waals surface area (Å²) >= 11 is 1.46. The van der Waals surface area contributed by atoms with Crippen molar-refractivity contribution in [3.05, 3.63) is 36.2 Å². The lowest BCUT2D eigenvalue weighted by atomic mass is 10.1. The van der Waals surface area contributed by atoms with E-state index in [-0.39, 0.29) is 5.91 Å². The minimum Gasteiger partial charge on any atom is -0.486 e. The van der Waals surface area contributed by atoms with Crippen molar-refractivity contribution in [2.24, 2.45) is 5.92 Å². The summed E-state index contributed by atoms with van der Waals surface area (Å²) in [5, 5.41) is 12.7. The van der Waals surface area contributed by atoms with Crippen molar-refractivity contribution in [3.63, 3.8) is 0 Å². The molecule has 0 atom stereocenters. The van der Waals surface area contributed by atoms with Crippen molar-refractivity contribution in [3.8, 4) is 5.75 Å². The summed E-state index contributed by atoms with van der Waals surface area (Å²) in [6, 6.07) is 10.1. The van der Waals surface area contributed by atoms with Crippen LogP contribution in [0.5, 0.6) is 5.75 Å². The van der Waals surface area contributed by atoms with Gasteiger partial charge in [0.25, 0.3) is 0 Å². The van der Waals surface area contributed by atoms with Gasteiger partial charge in [0, 0.05) is 12.6 Å². The Bertz CT molecular complexity index is 771. The number of hydrogen-bond acceptors (Lipinski definition) is 5. The van der Waals surface area contributed by atoms with E-state index < -0.39 is 0 Å². The van der Waals surface area contributed by atoms with Crippen LogP contribution in [0.4, 0.5) is 0 Å². The maximum atomic E-state index is 12.5. The lowest BCUT2D eigenvalue weighted by Crippen LogP contribution is -2.35. The molecule has 3 rings (SSSR count).